The van der Waals surface area contributed by atoms with E-state index in [0.29, 0.717) is 10.8 Å². The lowest BCUT2D eigenvalue weighted by Crippen LogP contribution is -2.14. The van der Waals surface area contributed by atoms with Gasteiger partial charge in [0.05, 0.1) is 10.7 Å². The van der Waals surface area contributed by atoms with Crippen LogP contribution in [0.2, 0.25) is 0 Å². The Balaban J connectivity index is 1.72. The molecule has 0 radical (unpaired) electrons. The van der Waals surface area contributed by atoms with Crippen LogP contribution in [0, 0.1) is 24.0 Å². The standard InChI is InChI=1S/C19H21N5O3S2/c1-4-8-23-18(16-10-28-13(3)12(16)2)21-22-19(23)29-11-17(25)20-14-6-5-7-15(9-14)24(26)27/h5-7,9-10H,4,8,11H2,1-3H3,(H,20,25). The van der Waals surface area contributed by atoms with Gasteiger partial charge in [0.1, 0.15) is 0 Å². The number of non-ortho nitro benzene ring substituents is 1. The summed E-state index contributed by atoms with van der Waals surface area (Å²) in [7, 11) is 0. The van der Waals surface area contributed by atoms with Gasteiger partial charge >= 0.3 is 0 Å². The Kier molecular flexibility index (Phi) is 6.65. The Morgan fingerprint density at radius 1 is 1.34 bits per heavy atom. The van der Waals surface area contributed by atoms with Crippen molar-refractivity contribution in [1.29, 1.82) is 0 Å². The van der Waals surface area contributed by atoms with Crippen molar-refractivity contribution in [3.8, 4) is 11.4 Å². The summed E-state index contributed by atoms with van der Waals surface area (Å²) in [5.41, 5.74) is 2.59. The Hall–Kier alpha value is -2.72. The van der Waals surface area contributed by atoms with E-state index < -0.39 is 4.92 Å². The van der Waals surface area contributed by atoms with Crippen LogP contribution in [0.5, 0.6) is 0 Å². The molecule has 1 aromatic carbocycles. The minimum atomic E-state index is -0.493. The molecule has 0 unspecified atom stereocenters. The molecule has 0 saturated carbocycles. The Labute approximate surface area is 176 Å². The monoisotopic (exact) mass is 431 g/mol. The van der Waals surface area contributed by atoms with Crippen molar-refractivity contribution in [2.45, 2.75) is 38.9 Å². The van der Waals surface area contributed by atoms with E-state index in [-0.39, 0.29) is 17.3 Å². The number of nitro groups is 1. The summed E-state index contributed by atoms with van der Waals surface area (Å²) in [5.74, 6) is 0.688. The number of nitrogens with one attached hydrogen (secondary N) is 1. The molecule has 0 fully saturated rings. The van der Waals surface area contributed by atoms with Gasteiger partial charge in [0, 0.05) is 40.2 Å². The molecule has 0 saturated heterocycles. The normalized spacial score (nSPS) is 10.9. The predicted molar refractivity (Wildman–Crippen MR) is 116 cm³/mol. The van der Waals surface area contributed by atoms with Crippen LogP contribution in [0.1, 0.15) is 23.8 Å². The Morgan fingerprint density at radius 3 is 2.79 bits per heavy atom. The van der Waals surface area contributed by atoms with Crippen LogP contribution in [-0.2, 0) is 11.3 Å². The van der Waals surface area contributed by atoms with E-state index in [1.807, 2.05) is 4.57 Å². The molecule has 0 bridgehead atoms. The number of thiophene rings is 1. The largest absolute Gasteiger partial charge is 0.325 e. The van der Waals surface area contributed by atoms with Crippen LogP contribution in [-0.4, -0.2) is 31.3 Å². The maximum atomic E-state index is 12.3. The van der Waals surface area contributed by atoms with Crippen LogP contribution in [0.4, 0.5) is 11.4 Å². The molecule has 0 spiro atoms. The second kappa shape index (κ2) is 9.19. The van der Waals surface area contributed by atoms with Gasteiger partial charge in [-0.1, -0.05) is 24.8 Å². The van der Waals surface area contributed by atoms with Gasteiger partial charge in [-0.25, -0.2) is 0 Å². The minimum absolute atomic E-state index is 0.0655. The number of thioether (sulfide) groups is 1. The van der Waals surface area contributed by atoms with E-state index in [4.69, 9.17) is 0 Å². The van der Waals surface area contributed by atoms with Crippen LogP contribution in [0.25, 0.3) is 11.4 Å². The van der Waals surface area contributed by atoms with E-state index in [9.17, 15) is 14.9 Å². The molecular formula is C19H21N5O3S2. The lowest BCUT2D eigenvalue weighted by Gasteiger charge is -2.09. The van der Waals surface area contributed by atoms with Crippen LogP contribution in [0.3, 0.4) is 0 Å². The molecule has 2 aromatic heterocycles. The summed E-state index contributed by atoms with van der Waals surface area (Å²) >= 11 is 2.98. The predicted octanol–water partition coefficient (Wildman–Crippen LogP) is 4.67. The topological polar surface area (TPSA) is 103 Å². The molecule has 152 valence electrons. The highest BCUT2D eigenvalue weighted by Gasteiger charge is 2.18. The zero-order chi connectivity index (χ0) is 21.0. The number of amides is 1. The van der Waals surface area contributed by atoms with Crippen molar-refractivity contribution < 1.29 is 9.72 Å². The quantitative estimate of drug-likeness (QED) is 0.316. The third-order valence-electron chi connectivity index (χ3n) is 4.36. The zero-order valence-corrected chi connectivity index (χ0v) is 18.0. The Morgan fingerprint density at radius 2 is 2.14 bits per heavy atom. The average Bonchev–Trinajstić information content (AvgIpc) is 3.24. The van der Waals surface area contributed by atoms with E-state index in [1.54, 1.807) is 17.4 Å². The lowest BCUT2D eigenvalue weighted by molar-refractivity contribution is -0.384. The number of aromatic nitrogens is 3. The number of hydrogen-bond donors (Lipinski definition) is 1. The van der Waals surface area contributed by atoms with Gasteiger partial charge in [-0.2, -0.15) is 0 Å². The van der Waals surface area contributed by atoms with Gasteiger partial charge in [0.2, 0.25) is 5.91 Å². The highest BCUT2D eigenvalue weighted by molar-refractivity contribution is 7.99. The molecule has 3 aromatic rings. The molecule has 29 heavy (non-hydrogen) atoms. The second-order valence-corrected chi connectivity index (χ2v) is 8.46. The summed E-state index contributed by atoms with van der Waals surface area (Å²) in [6, 6.07) is 5.88. The van der Waals surface area contributed by atoms with Gasteiger partial charge < -0.3 is 9.88 Å². The molecule has 0 aliphatic heterocycles. The molecule has 1 N–H and O–H groups in total. The molecule has 0 aliphatic carbocycles. The highest BCUT2D eigenvalue weighted by Crippen LogP contribution is 2.31. The van der Waals surface area contributed by atoms with Crippen LogP contribution >= 0.6 is 23.1 Å². The summed E-state index contributed by atoms with van der Waals surface area (Å²) < 4.78 is 2.04. The van der Waals surface area contributed by atoms with Crippen molar-refractivity contribution in [2.24, 2.45) is 0 Å². The van der Waals surface area contributed by atoms with Gasteiger partial charge in [-0.3, -0.25) is 14.9 Å². The van der Waals surface area contributed by atoms with Crippen molar-refractivity contribution in [1.82, 2.24) is 14.8 Å². The van der Waals surface area contributed by atoms with Crippen LogP contribution < -0.4 is 5.32 Å². The molecule has 1 amide bonds. The minimum Gasteiger partial charge on any atom is -0.325 e. The number of anilines is 1. The average molecular weight is 432 g/mol. The smallest absolute Gasteiger partial charge is 0.271 e. The number of benzene rings is 1. The number of carbonyl (C=O) groups is 1. The van der Waals surface area contributed by atoms with Crippen molar-refractivity contribution >= 4 is 40.4 Å². The molecule has 2 heterocycles. The van der Waals surface area contributed by atoms with E-state index in [2.05, 4.69) is 41.7 Å². The SMILES string of the molecule is CCCn1c(SCC(=O)Nc2cccc([N+](=O)[O-])c2)nnc1-c1csc(C)c1C. The zero-order valence-electron chi connectivity index (χ0n) is 16.3. The van der Waals surface area contributed by atoms with Crippen molar-refractivity contribution in [3.05, 3.63) is 50.2 Å². The first-order valence-electron chi connectivity index (χ1n) is 9.06. The van der Waals surface area contributed by atoms with Crippen molar-refractivity contribution in [2.75, 3.05) is 11.1 Å². The number of carbonyl (C=O) groups excluding carboxylic acids is 1. The number of nitro benzene ring substituents is 1. The van der Waals surface area contributed by atoms with Gasteiger partial charge in [0.15, 0.2) is 11.0 Å². The first kappa shape index (κ1) is 21.0. The molecule has 3 rings (SSSR count). The number of hydrogen-bond acceptors (Lipinski definition) is 7. The van der Waals surface area contributed by atoms with Crippen LogP contribution in [0.15, 0.2) is 34.8 Å². The first-order valence-corrected chi connectivity index (χ1v) is 10.9. The van der Waals surface area contributed by atoms with Gasteiger partial charge in [-0.15, -0.1) is 21.5 Å². The molecule has 0 aliphatic rings. The van der Waals surface area contributed by atoms with E-state index >= 15 is 0 Å². The van der Waals surface area contributed by atoms with Gasteiger partial charge in [0.25, 0.3) is 5.69 Å². The van der Waals surface area contributed by atoms with Gasteiger partial charge in [-0.05, 0) is 31.9 Å². The summed E-state index contributed by atoms with van der Waals surface area (Å²) in [6.07, 6.45) is 0.917. The third kappa shape index (κ3) is 4.83. The summed E-state index contributed by atoms with van der Waals surface area (Å²) in [6.45, 7) is 6.99. The second-order valence-electron chi connectivity index (χ2n) is 6.43. The van der Waals surface area contributed by atoms with E-state index in [0.717, 1.165) is 24.4 Å². The summed E-state index contributed by atoms with van der Waals surface area (Å²) in [4.78, 5) is 23.9. The summed E-state index contributed by atoms with van der Waals surface area (Å²) in [5, 5.41) is 25.0. The Bertz CT molecular complexity index is 1040. The maximum Gasteiger partial charge on any atom is 0.271 e. The fraction of sp³-hybridized carbons (Fsp3) is 0.316. The molecule has 8 nitrogen and oxygen atoms in total. The van der Waals surface area contributed by atoms with Crippen molar-refractivity contribution in [3.63, 3.8) is 0 Å². The highest BCUT2D eigenvalue weighted by atomic mass is 32.2. The molecule has 10 heteroatoms. The molecule has 0 atom stereocenters. The first-order chi connectivity index (χ1) is 13.9. The fourth-order valence-corrected chi connectivity index (χ4v) is 4.41. The number of nitrogens with zero attached hydrogens (tertiary/aromatic N) is 4. The fourth-order valence-electron chi connectivity index (χ4n) is 2.78. The van der Waals surface area contributed by atoms with E-state index in [1.165, 1.54) is 40.4 Å². The molecular weight excluding hydrogens is 410 g/mol. The third-order valence-corrected chi connectivity index (χ3v) is 6.34. The number of aryl methyl sites for hydroxylation is 1. The maximum absolute atomic E-state index is 12.3. The number of rotatable bonds is 8. The lowest BCUT2D eigenvalue weighted by atomic mass is 10.1.